The number of nitrogens with zero attached hydrogens (tertiary/aromatic N) is 3. The van der Waals surface area contributed by atoms with Gasteiger partial charge in [-0.2, -0.15) is 4.52 Å². The van der Waals surface area contributed by atoms with Gasteiger partial charge in [0.1, 0.15) is 12.1 Å². The van der Waals surface area contributed by atoms with Crippen LogP contribution in [0.3, 0.4) is 0 Å². The smallest absolute Gasteiger partial charge is 0.274 e. The van der Waals surface area contributed by atoms with Gasteiger partial charge >= 0.3 is 0 Å². The van der Waals surface area contributed by atoms with Gasteiger partial charge in [-0.15, -0.1) is 0 Å². The number of H-pyrrole nitrogens is 1. The first-order valence-corrected chi connectivity index (χ1v) is 5.36. The van der Waals surface area contributed by atoms with Crippen molar-refractivity contribution in [2.75, 3.05) is 7.11 Å². The number of hydrogen-bond donors (Lipinski definition) is 1. The highest BCUT2D eigenvalue weighted by Gasteiger charge is 2.10. The van der Waals surface area contributed by atoms with Gasteiger partial charge in [0.25, 0.3) is 11.3 Å². The van der Waals surface area contributed by atoms with Crippen LogP contribution in [0.4, 0.5) is 0 Å². The molecular formula is C12H10N4O2. The molecule has 1 N–H and O–H groups in total. The molecule has 3 aromatic rings. The molecule has 0 atom stereocenters. The van der Waals surface area contributed by atoms with Crippen LogP contribution in [-0.4, -0.2) is 26.7 Å². The summed E-state index contributed by atoms with van der Waals surface area (Å²) in [5.74, 6) is 1.01. The fourth-order valence-electron chi connectivity index (χ4n) is 1.82. The van der Waals surface area contributed by atoms with Crippen LogP contribution in [0.1, 0.15) is 0 Å². The van der Waals surface area contributed by atoms with Crippen LogP contribution in [0.5, 0.6) is 5.75 Å². The summed E-state index contributed by atoms with van der Waals surface area (Å²) in [6, 6.07) is 8.85. The Hall–Kier alpha value is -2.63. The molecule has 0 spiro atoms. The summed E-state index contributed by atoms with van der Waals surface area (Å²) in [6.07, 6.45) is 1.43. The number of rotatable bonds is 2. The number of aromatic nitrogens is 4. The third kappa shape index (κ3) is 1.55. The van der Waals surface area contributed by atoms with E-state index in [-0.39, 0.29) is 5.56 Å². The Kier molecular flexibility index (Phi) is 2.33. The Labute approximate surface area is 102 Å². The van der Waals surface area contributed by atoms with E-state index in [0.717, 1.165) is 5.56 Å². The zero-order valence-electron chi connectivity index (χ0n) is 9.62. The van der Waals surface area contributed by atoms with Gasteiger partial charge in [0.15, 0.2) is 0 Å². The molecule has 2 heterocycles. The lowest BCUT2D eigenvalue weighted by atomic mass is 10.1. The van der Waals surface area contributed by atoms with Crippen LogP contribution in [0.25, 0.3) is 17.0 Å². The molecule has 0 aliphatic carbocycles. The fraction of sp³-hybridized carbons (Fsp3) is 0.0833. The molecule has 1 aromatic carbocycles. The normalized spacial score (nSPS) is 10.7. The van der Waals surface area contributed by atoms with Gasteiger partial charge in [0.2, 0.25) is 0 Å². The number of nitrogens with one attached hydrogen (secondary N) is 1. The van der Waals surface area contributed by atoms with E-state index >= 15 is 0 Å². The second kappa shape index (κ2) is 3.99. The van der Waals surface area contributed by atoms with Crippen LogP contribution < -0.4 is 10.3 Å². The number of para-hydroxylation sites is 1. The predicted molar refractivity (Wildman–Crippen MR) is 65.6 cm³/mol. The SMILES string of the molecule is COc1ccccc1-c1cc(=O)n2[nH]cnc2n1. The number of fused-ring (bicyclic) bond motifs is 1. The molecule has 0 amide bonds. The standard InChI is InChI=1S/C12H10N4O2/c1-18-10-5-3-2-4-8(10)9-6-11(17)16-12(15-9)13-7-14-16/h2-7H,1H3,(H,13,14,15). The molecule has 18 heavy (non-hydrogen) atoms. The van der Waals surface area contributed by atoms with E-state index in [0.29, 0.717) is 17.2 Å². The average Bonchev–Trinajstić information content (AvgIpc) is 2.87. The number of hydrogen-bond acceptors (Lipinski definition) is 4. The Balaban J connectivity index is 2.28. The van der Waals surface area contributed by atoms with Crippen molar-refractivity contribution in [3.63, 3.8) is 0 Å². The first kappa shape index (κ1) is 10.5. The van der Waals surface area contributed by atoms with Crippen molar-refractivity contribution < 1.29 is 4.74 Å². The second-order valence-corrected chi connectivity index (χ2v) is 3.70. The topological polar surface area (TPSA) is 72.3 Å². The van der Waals surface area contributed by atoms with Crippen molar-refractivity contribution in [3.8, 4) is 17.0 Å². The lowest BCUT2D eigenvalue weighted by molar-refractivity contribution is 0.416. The molecule has 0 unspecified atom stereocenters. The molecule has 90 valence electrons. The minimum absolute atomic E-state index is 0.210. The van der Waals surface area contributed by atoms with Gasteiger partial charge in [-0.1, -0.05) is 12.1 Å². The monoisotopic (exact) mass is 242 g/mol. The zero-order chi connectivity index (χ0) is 12.5. The summed E-state index contributed by atoms with van der Waals surface area (Å²) in [6.45, 7) is 0. The van der Waals surface area contributed by atoms with Gasteiger partial charge in [0, 0.05) is 11.6 Å². The second-order valence-electron chi connectivity index (χ2n) is 3.70. The Morgan fingerprint density at radius 3 is 3.00 bits per heavy atom. The van der Waals surface area contributed by atoms with E-state index in [1.165, 1.54) is 16.9 Å². The van der Waals surface area contributed by atoms with E-state index in [1.807, 2.05) is 24.3 Å². The molecule has 0 fully saturated rings. The van der Waals surface area contributed by atoms with Crippen molar-refractivity contribution in [1.29, 1.82) is 0 Å². The van der Waals surface area contributed by atoms with Crippen molar-refractivity contribution in [2.45, 2.75) is 0 Å². The fourth-order valence-corrected chi connectivity index (χ4v) is 1.82. The predicted octanol–water partition coefficient (Wildman–Crippen LogP) is 1.09. The minimum atomic E-state index is -0.210. The summed E-state index contributed by atoms with van der Waals surface area (Å²) in [4.78, 5) is 20.1. The van der Waals surface area contributed by atoms with Crippen molar-refractivity contribution >= 4 is 5.78 Å². The van der Waals surface area contributed by atoms with E-state index < -0.39 is 0 Å². The van der Waals surface area contributed by atoms with E-state index in [1.54, 1.807) is 7.11 Å². The van der Waals surface area contributed by atoms with E-state index in [4.69, 9.17) is 4.74 Å². The molecule has 0 aliphatic rings. The quantitative estimate of drug-likeness (QED) is 0.730. The summed E-state index contributed by atoms with van der Waals surface area (Å²) in [5.41, 5.74) is 1.10. The highest BCUT2D eigenvalue weighted by atomic mass is 16.5. The number of aromatic amines is 1. The van der Waals surface area contributed by atoms with Crippen LogP contribution in [-0.2, 0) is 0 Å². The molecule has 0 aliphatic heterocycles. The first-order chi connectivity index (χ1) is 8.79. The highest BCUT2D eigenvalue weighted by molar-refractivity contribution is 5.67. The third-order valence-corrected chi connectivity index (χ3v) is 2.65. The zero-order valence-corrected chi connectivity index (χ0v) is 9.62. The maximum absolute atomic E-state index is 11.8. The minimum Gasteiger partial charge on any atom is -0.496 e. The van der Waals surface area contributed by atoms with Crippen LogP contribution in [0.2, 0.25) is 0 Å². The summed E-state index contributed by atoms with van der Waals surface area (Å²) in [7, 11) is 1.58. The highest BCUT2D eigenvalue weighted by Crippen LogP contribution is 2.27. The van der Waals surface area contributed by atoms with Crippen LogP contribution in [0, 0.1) is 0 Å². The molecule has 0 radical (unpaired) electrons. The van der Waals surface area contributed by atoms with Crippen molar-refractivity contribution in [1.82, 2.24) is 19.6 Å². The summed E-state index contributed by atoms with van der Waals surface area (Å²) in [5, 5.41) is 2.69. The third-order valence-electron chi connectivity index (χ3n) is 2.65. The molecule has 6 nitrogen and oxygen atoms in total. The lowest BCUT2D eigenvalue weighted by Gasteiger charge is -2.06. The number of ether oxygens (including phenoxy) is 1. The van der Waals surface area contributed by atoms with Gasteiger partial charge < -0.3 is 4.74 Å². The summed E-state index contributed by atoms with van der Waals surface area (Å²) < 4.78 is 6.53. The summed E-state index contributed by atoms with van der Waals surface area (Å²) >= 11 is 0. The maximum Gasteiger partial charge on any atom is 0.274 e. The largest absolute Gasteiger partial charge is 0.496 e. The van der Waals surface area contributed by atoms with Crippen LogP contribution >= 0.6 is 0 Å². The number of benzene rings is 1. The van der Waals surface area contributed by atoms with Crippen molar-refractivity contribution in [3.05, 3.63) is 47.0 Å². The molecule has 3 rings (SSSR count). The van der Waals surface area contributed by atoms with Crippen LogP contribution in [0.15, 0.2) is 41.5 Å². The van der Waals surface area contributed by atoms with Gasteiger partial charge in [-0.3, -0.25) is 9.89 Å². The number of methoxy groups -OCH3 is 1. The maximum atomic E-state index is 11.8. The van der Waals surface area contributed by atoms with Gasteiger partial charge in [-0.05, 0) is 12.1 Å². The molecule has 0 saturated carbocycles. The van der Waals surface area contributed by atoms with Gasteiger partial charge in [0.05, 0.1) is 12.8 Å². The molecular weight excluding hydrogens is 232 g/mol. The molecule has 0 bridgehead atoms. The molecule has 6 heteroatoms. The molecule has 0 saturated heterocycles. The van der Waals surface area contributed by atoms with Gasteiger partial charge in [-0.25, -0.2) is 9.97 Å². The Morgan fingerprint density at radius 2 is 2.17 bits per heavy atom. The Bertz CT molecular complexity index is 760. The lowest BCUT2D eigenvalue weighted by Crippen LogP contribution is -2.14. The first-order valence-electron chi connectivity index (χ1n) is 5.36. The molecule has 2 aromatic heterocycles. The average molecular weight is 242 g/mol. The van der Waals surface area contributed by atoms with E-state index in [9.17, 15) is 4.79 Å². The Morgan fingerprint density at radius 1 is 1.33 bits per heavy atom. The van der Waals surface area contributed by atoms with E-state index in [2.05, 4.69) is 15.1 Å². The van der Waals surface area contributed by atoms with Crippen molar-refractivity contribution in [2.24, 2.45) is 0 Å².